The molecule has 0 amide bonds. The minimum absolute atomic E-state index is 0.234. The molecule has 0 saturated carbocycles. The molecule has 0 bridgehead atoms. The third-order valence-electron chi connectivity index (χ3n) is 4.27. The standard InChI is InChI=1S/C18H27NO2S/c1-13(2)17-11-16(12-22-17)19-15(8-9-18(20)21)10-14-6-4-3-5-7-14/h3-7,13,15-17,19H,8-12H2,1-2H3,(H,20,21). The SMILES string of the molecule is CC(C)C1CC(NC(CCC(=O)O)Cc2ccccc2)CS1. The highest BCUT2D eigenvalue weighted by Gasteiger charge is 2.28. The third kappa shape index (κ3) is 5.65. The number of rotatable bonds is 8. The van der Waals surface area contributed by atoms with E-state index in [1.807, 2.05) is 18.2 Å². The van der Waals surface area contributed by atoms with Gasteiger partial charge in [-0.05, 0) is 30.7 Å². The Bertz CT molecular complexity index is 463. The number of aliphatic carboxylic acids is 1. The van der Waals surface area contributed by atoms with Gasteiger partial charge in [0.2, 0.25) is 0 Å². The van der Waals surface area contributed by atoms with Crippen LogP contribution in [0.15, 0.2) is 30.3 Å². The number of thioether (sulfide) groups is 1. The van der Waals surface area contributed by atoms with E-state index >= 15 is 0 Å². The second-order valence-electron chi connectivity index (χ2n) is 6.53. The molecule has 4 heteroatoms. The fraction of sp³-hybridized carbons (Fsp3) is 0.611. The smallest absolute Gasteiger partial charge is 0.303 e. The first-order chi connectivity index (χ1) is 10.5. The molecule has 1 heterocycles. The third-order valence-corrected chi connectivity index (χ3v) is 6.03. The molecule has 1 saturated heterocycles. The summed E-state index contributed by atoms with van der Waals surface area (Å²) in [5.74, 6) is 1.14. The minimum atomic E-state index is -0.708. The summed E-state index contributed by atoms with van der Waals surface area (Å²) in [7, 11) is 0. The summed E-state index contributed by atoms with van der Waals surface area (Å²) in [5.41, 5.74) is 1.27. The van der Waals surface area contributed by atoms with Crippen LogP contribution >= 0.6 is 11.8 Å². The highest BCUT2D eigenvalue weighted by molar-refractivity contribution is 8.00. The van der Waals surface area contributed by atoms with Gasteiger partial charge in [0, 0.05) is 29.5 Å². The summed E-state index contributed by atoms with van der Waals surface area (Å²) in [6.07, 6.45) is 3.03. The zero-order valence-electron chi connectivity index (χ0n) is 13.5. The molecule has 3 atom stereocenters. The average Bonchev–Trinajstić information content (AvgIpc) is 2.94. The summed E-state index contributed by atoms with van der Waals surface area (Å²) < 4.78 is 0. The largest absolute Gasteiger partial charge is 0.481 e. The number of benzene rings is 1. The second-order valence-corrected chi connectivity index (χ2v) is 7.81. The van der Waals surface area contributed by atoms with E-state index in [0.717, 1.165) is 17.4 Å². The van der Waals surface area contributed by atoms with Gasteiger partial charge in [-0.3, -0.25) is 4.79 Å². The average molecular weight is 321 g/mol. The van der Waals surface area contributed by atoms with Gasteiger partial charge in [0.1, 0.15) is 0 Å². The Morgan fingerprint density at radius 3 is 2.68 bits per heavy atom. The maximum Gasteiger partial charge on any atom is 0.303 e. The van der Waals surface area contributed by atoms with Crippen molar-refractivity contribution in [2.45, 2.75) is 56.9 Å². The van der Waals surface area contributed by atoms with E-state index < -0.39 is 5.97 Å². The zero-order valence-corrected chi connectivity index (χ0v) is 14.3. The normalized spacial score (nSPS) is 22.9. The van der Waals surface area contributed by atoms with Crippen LogP contribution in [0.2, 0.25) is 0 Å². The van der Waals surface area contributed by atoms with Crippen molar-refractivity contribution in [3.63, 3.8) is 0 Å². The van der Waals surface area contributed by atoms with E-state index in [4.69, 9.17) is 5.11 Å². The predicted molar refractivity (Wildman–Crippen MR) is 93.4 cm³/mol. The van der Waals surface area contributed by atoms with Crippen LogP contribution in [-0.2, 0) is 11.2 Å². The molecule has 122 valence electrons. The fourth-order valence-corrected chi connectivity index (χ4v) is 4.48. The predicted octanol–water partition coefficient (Wildman–Crippen LogP) is 3.58. The first kappa shape index (κ1) is 17.4. The lowest BCUT2D eigenvalue weighted by molar-refractivity contribution is -0.137. The van der Waals surface area contributed by atoms with Gasteiger partial charge < -0.3 is 10.4 Å². The molecule has 3 nitrogen and oxygen atoms in total. The van der Waals surface area contributed by atoms with Crippen molar-refractivity contribution in [1.29, 1.82) is 0 Å². The van der Waals surface area contributed by atoms with Gasteiger partial charge in [-0.1, -0.05) is 44.2 Å². The lowest BCUT2D eigenvalue weighted by atomic mass is 9.99. The highest BCUT2D eigenvalue weighted by atomic mass is 32.2. The van der Waals surface area contributed by atoms with Crippen molar-refractivity contribution in [3.8, 4) is 0 Å². The van der Waals surface area contributed by atoms with Crippen LogP contribution in [-0.4, -0.2) is 34.2 Å². The molecule has 2 N–H and O–H groups in total. The molecule has 1 aliphatic rings. The Hall–Kier alpha value is -1.00. The molecule has 1 fully saturated rings. The molecule has 1 aromatic carbocycles. The number of hydrogen-bond acceptors (Lipinski definition) is 3. The van der Waals surface area contributed by atoms with Gasteiger partial charge in [-0.15, -0.1) is 0 Å². The van der Waals surface area contributed by atoms with Crippen molar-refractivity contribution in [2.24, 2.45) is 5.92 Å². The van der Waals surface area contributed by atoms with Crippen LogP contribution in [0.1, 0.15) is 38.7 Å². The van der Waals surface area contributed by atoms with Gasteiger partial charge in [0.05, 0.1) is 0 Å². The number of carbonyl (C=O) groups is 1. The van der Waals surface area contributed by atoms with Crippen LogP contribution in [0.25, 0.3) is 0 Å². The fourth-order valence-electron chi connectivity index (χ4n) is 3.01. The van der Waals surface area contributed by atoms with Crippen LogP contribution in [0.4, 0.5) is 0 Å². The van der Waals surface area contributed by atoms with Crippen molar-refractivity contribution in [3.05, 3.63) is 35.9 Å². The first-order valence-corrected chi connectivity index (χ1v) is 9.23. The van der Waals surface area contributed by atoms with Crippen LogP contribution < -0.4 is 5.32 Å². The number of hydrogen-bond donors (Lipinski definition) is 2. The number of carboxylic acid groups (broad SMARTS) is 1. The summed E-state index contributed by atoms with van der Waals surface area (Å²) in [4.78, 5) is 10.9. The number of carboxylic acids is 1. The molecule has 0 radical (unpaired) electrons. The summed E-state index contributed by atoms with van der Waals surface area (Å²) >= 11 is 2.05. The number of nitrogens with one attached hydrogen (secondary N) is 1. The molecule has 1 aliphatic heterocycles. The molecule has 0 aliphatic carbocycles. The van der Waals surface area contributed by atoms with Gasteiger partial charge >= 0.3 is 5.97 Å². The molecule has 3 unspecified atom stereocenters. The van der Waals surface area contributed by atoms with Crippen molar-refractivity contribution in [1.82, 2.24) is 5.32 Å². The molecular formula is C18H27NO2S. The Labute approximate surface area is 137 Å². The molecule has 22 heavy (non-hydrogen) atoms. The maximum atomic E-state index is 10.9. The maximum absolute atomic E-state index is 10.9. The molecule has 0 aromatic heterocycles. The highest BCUT2D eigenvalue weighted by Crippen LogP contribution is 2.32. The first-order valence-electron chi connectivity index (χ1n) is 8.18. The quantitative estimate of drug-likeness (QED) is 0.768. The van der Waals surface area contributed by atoms with Crippen molar-refractivity contribution >= 4 is 17.7 Å². The van der Waals surface area contributed by atoms with Gasteiger partial charge in [0.15, 0.2) is 0 Å². The lowest BCUT2D eigenvalue weighted by Crippen LogP contribution is -2.40. The minimum Gasteiger partial charge on any atom is -0.481 e. The molecule has 2 rings (SSSR count). The van der Waals surface area contributed by atoms with Gasteiger partial charge in [-0.25, -0.2) is 0 Å². The molecule has 0 spiro atoms. The Morgan fingerprint density at radius 1 is 1.36 bits per heavy atom. The van der Waals surface area contributed by atoms with Crippen LogP contribution in [0.5, 0.6) is 0 Å². The van der Waals surface area contributed by atoms with Crippen LogP contribution in [0, 0.1) is 5.92 Å². The van der Waals surface area contributed by atoms with E-state index in [1.165, 1.54) is 12.0 Å². The summed E-state index contributed by atoms with van der Waals surface area (Å²) in [6, 6.07) is 11.1. The Kier molecular flexibility index (Phi) is 6.77. The summed E-state index contributed by atoms with van der Waals surface area (Å²) in [6.45, 7) is 4.57. The van der Waals surface area contributed by atoms with E-state index in [-0.39, 0.29) is 12.5 Å². The topological polar surface area (TPSA) is 49.3 Å². The zero-order chi connectivity index (χ0) is 15.9. The summed E-state index contributed by atoms with van der Waals surface area (Å²) in [5, 5.41) is 13.4. The second kappa shape index (κ2) is 8.59. The monoisotopic (exact) mass is 321 g/mol. The van der Waals surface area contributed by atoms with E-state index in [0.29, 0.717) is 18.4 Å². The van der Waals surface area contributed by atoms with E-state index in [1.54, 1.807) is 0 Å². The Balaban J connectivity index is 1.91. The molecule has 1 aromatic rings. The van der Waals surface area contributed by atoms with Crippen LogP contribution in [0.3, 0.4) is 0 Å². The van der Waals surface area contributed by atoms with Crippen molar-refractivity contribution < 1.29 is 9.90 Å². The lowest BCUT2D eigenvalue weighted by Gasteiger charge is -2.23. The van der Waals surface area contributed by atoms with Gasteiger partial charge in [-0.2, -0.15) is 11.8 Å². The van der Waals surface area contributed by atoms with E-state index in [9.17, 15) is 4.79 Å². The van der Waals surface area contributed by atoms with E-state index in [2.05, 4.69) is 43.1 Å². The van der Waals surface area contributed by atoms with Gasteiger partial charge in [0.25, 0.3) is 0 Å². The molecular weight excluding hydrogens is 294 g/mol. The van der Waals surface area contributed by atoms with Crippen molar-refractivity contribution in [2.75, 3.05) is 5.75 Å². The Morgan fingerprint density at radius 2 is 2.09 bits per heavy atom.